The first-order chi connectivity index (χ1) is 22.0. The fourth-order valence-electron chi connectivity index (χ4n) is 6.34. The number of benzene rings is 1. The van der Waals surface area contributed by atoms with Crippen molar-refractivity contribution < 1.29 is 28.8 Å². The molecule has 2 aliphatic heterocycles. The number of allylic oxidation sites excluding steroid dienone is 2. The normalized spacial score (nSPS) is 24.5. The summed E-state index contributed by atoms with van der Waals surface area (Å²) in [7, 11) is -0.426. The third kappa shape index (κ3) is 7.66. The van der Waals surface area contributed by atoms with Crippen molar-refractivity contribution in [2.75, 3.05) is 6.54 Å². The zero-order valence-electron chi connectivity index (χ0n) is 28.9. The van der Waals surface area contributed by atoms with Gasteiger partial charge in [0.05, 0.1) is 33.4 Å². The maximum atomic E-state index is 14.0. The quantitative estimate of drug-likeness (QED) is 0.352. The number of carbonyl (C=O) groups excluding carboxylic acids is 3. The molecule has 3 amide bonds. The van der Waals surface area contributed by atoms with Crippen LogP contribution >= 0.6 is 11.3 Å². The maximum Gasteiger partial charge on any atom is 0.490 e. The first kappa shape index (κ1) is 35.3. The Balaban J connectivity index is 1.20. The van der Waals surface area contributed by atoms with Crippen LogP contribution in [0.3, 0.4) is 0 Å². The lowest BCUT2D eigenvalue weighted by Crippen LogP contribution is -2.58. The minimum absolute atomic E-state index is 0.0336. The third-order valence-corrected chi connectivity index (χ3v) is 11.0. The minimum Gasteiger partial charge on any atom is -0.400 e. The molecule has 3 N–H and O–H groups in total. The summed E-state index contributed by atoms with van der Waals surface area (Å²) in [6.45, 7) is 16.1. The second-order valence-electron chi connectivity index (χ2n) is 15.2. The standard InChI is InChI=1S/C35H49BN4O6S/c1-21-28(47-20-38-21)23-11-9-22(10-12-23)18-37-31(43)27-17-26(41)19-40(27)32(44)29(33(2,3)4)39-30(42)24-13-15-25(16-14-24)36-45-34(5,6)35(7,8)46-36/h9-12,15,20,24,26-27,29,41H,13-14,16-19H2,1-8H3,(H,37,43)(H,39,42)/t24?,26-,27+,29-/m1/s1. The summed E-state index contributed by atoms with van der Waals surface area (Å²) in [6, 6.07) is 6.24. The van der Waals surface area contributed by atoms with Gasteiger partial charge in [-0.15, -0.1) is 11.3 Å². The van der Waals surface area contributed by atoms with E-state index >= 15 is 0 Å². The van der Waals surface area contributed by atoms with Gasteiger partial charge < -0.3 is 29.9 Å². The number of thiazole rings is 1. The van der Waals surface area contributed by atoms with Gasteiger partial charge in [-0.1, -0.05) is 51.1 Å². The van der Waals surface area contributed by atoms with Gasteiger partial charge in [-0.3, -0.25) is 14.4 Å². The average Bonchev–Trinajstić information content (AvgIpc) is 3.68. The van der Waals surface area contributed by atoms with Gasteiger partial charge in [-0.2, -0.15) is 0 Å². The van der Waals surface area contributed by atoms with Crippen molar-refractivity contribution in [1.29, 1.82) is 0 Å². The van der Waals surface area contributed by atoms with E-state index in [1.807, 2.05) is 91.2 Å². The minimum atomic E-state index is -0.869. The summed E-state index contributed by atoms with van der Waals surface area (Å²) in [5.41, 5.74) is 4.34. The lowest BCUT2D eigenvalue weighted by Gasteiger charge is -2.36. The maximum absolute atomic E-state index is 14.0. The number of rotatable bonds is 8. The third-order valence-electron chi connectivity index (χ3n) is 10.1. The average molecular weight is 665 g/mol. The molecule has 2 fully saturated rings. The highest BCUT2D eigenvalue weighted by Crippen LogP contribution is 2.41. The van der Waals surface area contributed by atoms with Crippen LogP contribution in [0, 0.1) is 18.3 Å². The smallest absolute Gasteiger partial charge is 0.400 e. The van der Waals surface area contributed by atoms with E-state index in [1.165, 1.54) is 4.90 Å². The van der Waals surface area contributed by atoms with Gasteiger partial charge in [0.15, 0.2) is 0 Å². The Kier molecular flexibility index (Phi) is 10.1. The molecule has 3 heterocycles. The molecule has 0 saturated carbocycles. The molecule has 2 aromatic rings. The number of nitrogens with one attached hydrogen (secondary N) is 2. The molecule has 1 aromatic carbocycles. The molecular formula is C35H49BN4O6S. The molecule has 1 aromatic heterocycles. The van der Waals surface area contributed by atoms with Gasteiger partial charge in [0.2, 0.25) is 17.7 Å². The lowest BCUT2D eigenvalue weighted by atomic mass is 9.70. The fourth-order valence-corrected chi connectivity index (χ4v) is 7.15. The number of β-amino-alcohol motifs (C(OH)–C–C–N with tert-alkyl or cyclic N) is 1. The molecule has 3 aliphatic rings. The Morgan fingerprint density at radius 3 is 2.32 bits per heavy atom. The number of aliphatic hydroxyl groups excluding tert-OH is 1. The van der Waals surface area contributed by atoms with Crippen LogP contribution in [0.2, 0.25) is 0 Å². The molecule has 0 radical (unpaired) electrons. The summed E-state index contributed by atoms with van der Waals surface area (Å²) < 4.78 is 12.4. The highest BCUT2D eigenvalue weighted by Gasteiger charge is 2.52. The van der Waals surface area contributed by atoms with E-state index in [1.54, 1.807) is 11.3 Å². The molecular weight excluding hydrogens is 615 g/mol. The van der Waals surface area contributed by atoms with Crippen LogP contribution in [0.15, 0.2) is 41.3 Å². The fraction of sp³-hybridized carbons (Fsp3) is 0.600. The molecule has 5 rings (SSSR count). The second-order valence-corrected chi connectivity index (χ2v) is 16.1. The molecule has 0 spiro atoms. The van der Waals surface area contributed by atoms with Gasteiger partial charge >= 0.3 is 7.12 Å². The molecule has 4 atom stereocenters. The first-order valence-corrected chi connectivity index (χ1v) is 17.5. The Morgan fingerprint density at radius 1 is 1.11 bits per heavy atom. The Labute approximate surface area is 282 Å². The van der Waals surface area contributed by atoms with E-state index < -0.39 is 41.9 Å². The topological polar surface area (TPSA) is 130 Å². The van der Waals surface area contributed by atoms with Crippen LogP contribution in [-0.4, -0.2) is 75.8 Å². The molecule has 1 unspecified atom stereocenters. The molecule has 2 saturated heterocycles. The van der Waals surface area contributed by atoms with E-state index in [4.69, 9.17) is 9.31 Å². The lowest BCUT2D eigenvalue weighted by molar-refractivity contribution is -0.144. The molecule has 1 aliphatic carbocycles. The predicted octanol–water partition coefficient (Wildman–Crippen LogP) is 4.59. The molecule has 254 valence electrons. The van der Waals surface area contributed by atoms with Crippen molar-refractivity contribution in [3.63, 3.8) is 0 Å². The van der Waals surface area contributed by atoms with Crippen molar-refractivity contribution in [1.82, 2.24) is 20.5 Å². The van der Waals surface area contributed by atoms with Crippen LogP contribution in [0.4, 0.5) is 0 Å². The van der Waals surface area contributed by atoms with E-state index in [-0.39, 0.29) is 43.1 Å². The zero-order chi connectivity index (χ0) is 34.3. The van der Waals surface area contributed by atoms with Crippen LogP contribution in [0.5, 0.6) is 0 Å². The predicted molar refractivity (Wildman–Crippen MR) is 183 cm³/mol. The van der Waals surface area contributed by atoms with Crippen molar-refractivity contribution in [2.24, 2.45) is 11.3 Å². The molecule has 10 nitrogen and oxygen atoms in total. The number of carbonyl (C=O) groups is 3. The van der Waals surface area contributed by atoms with Crippen molar-refractivity contribution in [3.8, 4) is 10.4 Å². The highest BCUT2D eigenvalue weighted by atomic mass is 32.1. The van der Waals surface area contributed by atoms with Crippen LogP contribution < -0.4 is 10.6 Å². The number of hydrogen-bond acceptors (Lipinski definition) is 8. The number of nitrogens with zero attached hydrogens (tertiary/aromatic N) is 2. The van der Waals surface area contributed by atoms with Gasteiger partial charge in [-0.25, -0.2) is 4.98 Å². The number of aryl methyl sites for hydroxylation is 1. The van der Waals surface area contributed by atoms with Crippen LogP contribution in [-0.2, 0) is 30.2 Å². The summed E-state index contributed by atoms with van der Waals surface area (Å²) in [5.74, 6) is -1.19. The van der Waals surface area contributed by atoms with Crippen LogP contribution in [0.1, 0.15) is 85.4 Å². The molecule has 0 bridgehead atoms. The highest BCUT2D eigenvalue weighted by molar-refractivity contribution is 7.13. The Bertz CT molecular complexity index is 1500. The van der Waals surface area contributed by atoms with Crippen molar-refractivity contribution in [3.05, 3.63) is 52.6 Å². The van der Waals surface area contributed by atoms with E-state index in [9.17, 15) is 19.5 Å². The van der Waals surface area contributed by atoms with Gasteiger partial charge in [-0.05, 0) is 75.9 Å². The summed E-state index contributed by atoms with van der Waals surface area (Å²) in [5, 5.41) is 16.5. The second kappa shape index (κ2) is 13.5. The van der Waals surface area contributed by atoms with Gasteiger partial charge in [0.1, 0.15) is 12.1 Å². The van der Waals surface area contributed by atoms with Gasteiger partial charge in [0.25, 0.3) is 0 Å². The number of hydrogen-bond donors (Lipinski definition) is 3. The van der Waals surface area contributed by atoms with E-state index in [0.717, 1.165) is 27.2 Å². The SMILES string of the molecule is Cc1ncsc1-c1ccc(CNC(=O)[C@@H]2C[C@@H](O)CN2C(=O)[C@@H](NC(=O)C2CC=C(B3OC(C)(C)C(C)(C)O3)CC2)C(C)(C)C)cc1. The number of aromatic nitrogens is 1. The van der Waals surface area contributed by atoms with Crippen molar-refractivity contribution in [2.45, 2.75) is 117 Å². The van der Waals surface area contributed by atoms with E-state index in [0.29, 0.717) is 19.3 Å². The molecule has 12 heteroatoms. The van der Waals surface area contributed by atoms with Crippen molar-refractivity contribution >= 4 is 36.2 Å². The monoisotopic (exact) mass is 664 g/mol. The number of likely N-dealkylation sites (tertiary alicyclic amines) is 1. The summed E-state index contributed by atoms with van der Waals surface area (Å²) in [6.07, 6.45) is 3.15. The van der Waals surface area contributed by atoms with E-state index in [2.05, 4.69) is 15.6 Å². The largest absolute Gasteiger partial charge is 0.490 e. The Morgan fingerprint density at radius 2 is 1.77 bits per heavy atom. The summed E-state index contributed by atoms with van der Waals surface area (Å²) >= 11 is 1.59. The zero-order valence-corrected chi connectivity index (χ0v) is 29.7. The van der Waals surface area contributed by atoms with Gasteiger partial charge in [0, 0.05) is 25.4 Å². The molecule has 47 heavy (non-hydrogen) atoms. The number of aliphatic hydroxyl groups is 1. The van der Waals surface area contributed by atoms with Crippen LogP contribution in [0.25, 0.3) is 10.4 Å². The summed E-state index contributed by atoms with van der Waals surface area (Å²) in [4.78, 5) is 47.9. The first-order valence-electron chi connectivity index (χ1n) is 16.6. The Hall–Kier alpha value is -3.06. The number of amides is 3.